The second-order valence-electron chi connectivity index (χ2n) is 4.84. The Morgan fingerprint density at radius 3 is 2.76 bits per heavy atom. The van der Waals surface area contributed by atoms with E-state index in [-0.39, 0.29) is 5.82 Å². The maximum absolute atomic E-state index is 13.5. The molecule has 1 aromatic heterocycles. The lowest BCUT2D eigenvalue weighted by Gasteiger charge is -2.07. The fourth-order valence-corrected chi connectivity index (χ4v) is 2.67. The molecule has 2 aromatic carbocycles. The van der Waals surface area contributed by atoms with Crippen molar-refractivity contribution in [2.24, 2.45) is 0 Å². The highest BCUT2D eigenvalue weighted by atomic mass is 79.9. The van der Waals surface area contributed by atoms with Crippen molar-refractivity contribution in [3.63, 3.8) is 0 Å². The summed E-state index contributed by atoms with van der Waals surface area (Å²) >= 11 is 3.16. The molecule has 3 rings (SSSR count). The molecule has 3 aromatic rings. The topological polar surface area (TPSA) is 25.2 Å². The van der Waals surface area contributed by atoms with E-state index in [1.54, 1.807) is 6.07 Å². The molecule has 21 heavy (non-hydrogen) atoms. The van der Waals surface area contributed by atoms with Gasteiger partial charge < -0.3 is 9.73 Å². The van der Waals surface area contributed by atoms with Gasteiger partial charge in [0.1, 0.15) is 17.2 Å². The number of furan rings is 1. The van der Waals surface area contributed by atoms with E-state index in [0.717, 1.165) is 34.4 Å². The first kappa shape index (κ1) is 14.1. The van der Waals surface area contributed by atoms with Gasteiger partial charge >= 0.3 is 0 Å². The van der Waals surface area contributed by atoms with Crippen molar-refractivity contribution in [3.05, 3.63) is 64.1 Å². The highest BCUT2D eigenvalue weighted by Gasteiger charge is 2.12. The van der Waals surface area contributed by atoms with Crippen molar-refractivity contribution >= 4 is 32.6 Å². The summed E-state index contributed by atoms with van der Waals surface area (Å²) in [6.07, 6.45) is 0.834. The fraction of sp³-hybridized carbons (Fsp3) is 0.176. The van der Waals surface area contributed by atoms with Crippen LogP contribution in [0.5, 0.6) is 0 Å². The van der Waals surface area contributed by atoms with Crippen molar-refractivity contribution in [3.8, 4) is 0 Å². The Balaban J connectivity index is 1.89. The van der Waals surface area contributed by atoms with Gasteiger partial charge in [0.05, 0.1) is 4.47 Å². The van der Waals surface area contributed by atoms with Crippen LogP contribution in [0.1, 0.15) is 18.2 Å². The van der Waals surface area contributed by atoms with Crippen LogP contribution in [0, 0.1) is 5.82 Å². The summed E-state index contributed by atoms with van der Waals surface area (Å²) in [6.45, 7) is 2.68. The molecule has 0 saturated carbocycles. The maximum Gasteiger partial charge on any atom is 0.139 e. The summed E-state index contributed by atoms with van der Waals surface area (Å²) in [7, 11) is 0. The highest BCUT2D eigenvalue weighted by Crippen LogP contribution is 2.27. The average Bonchev–Trinajstić information content (AvgIpc) is 2.86. The lowest BCUT2D eigenvalue weighted by Crippen LogP contribution is -2.01. The molecule has 1 heterocycles. The largest absolute Gasteiger partial charge is 0.461 e. The Hall–Kier alpha value is -1.81. The van der Waals surface area contributed by atoms with Crippen LogP contribution in [0.3, 0.4) is 0 Å². The monoisotopic (exact) mass is 347 g/mol. The van der Waals surface area contributed by atoms with Crippen LogP contribution >= 0.6 is 15.9 Å². The first-order valence-corrected chi connectivity index (χ1v) is 7.66. The number of anilines is 1. The van der Waals surface area contributed by atoms with Gasteiger partial charge in [0, 0.05) is 29.6 Å². The summed E-state index contributed by atoms with van der Waals surface area (Å²) in [6, 6.07) is 13.0. The fourth-order valence-electron chi connectivity index (χ4n) is 2.43. The van der Waals surface area contributed by atoms with Gasteiger partial charge in [-0.1, -0.05) is 25.1 Å². The lowest BCUT2D eigenvalue weighted by atomic mass is 10.1. The molecular weight excluding hydrogens is 333 g/mol. The summed E-state index contributed by atoms with van der Waals surface area (Å²) < 4.78 is 19.9. The number of hydrogen-bond donors (Lipinski definition) is 1. The number of halogens is 2. The van der Waals surface area contributed by atoms with E-state index >= 15 is 0 Å². The van der Waals surface area contributed by atoms with E-state index < -0.39 is 0 Å². The minimum absolute atomic E-state index is 0.271. The number of hydrogen-bond acceptors (Lipinski definition) is 2. The van der Waals surface area contributed by atoms with Gasteiger partial charge in [-0.05, 0) is 40.2 Å². The van der Waals surface area contributed by atoms with Crippen molar-refractivity contribution < 1.29 is 8.81 Å². The molecule has 0 amide bonds. The molecule has 0 spiro atoms. The smallest absolute Gasteiger partial charge is 0.139 e. The third-order valence-corrected chi connectivity index (χ3v) is 4.14. The second-order valence-corrected chi connectivity index (χ2v) is 5.69. The Labute approximate surface area is 131 Å². The zero-order valence-corrected chi connectivity index (χ0v) is 13.2. The third-order valence-electron chi connectivity index (χ3n) is 3.49. The van der Waals surface area contributed by atoms with Crippen LogP contribution in [0.25, 0.3) is 11.0 Å². The standard InChI is InChI=1S/C17H15BrFNO/c1-2-16-13(12-5-3-4-6-17(12)21-16)10-20-11-7-8-14(18)15(19)9-11/h3-9,20H,2,10H2,1H3. The number of aryl methyl sites for hydroxylation is 1. The van der Waals surface area contributed by atoms with E-state index in [2.05, 4.69) is 34.2 Å². The van der Waals surface area contributed by atoms with Crippen LogP contribution < -0.4 is 5.32 Å². The Morgan fingerprint density at radius 2 is 2.00 bits per heavy atom. The molecule has 108 valence electrons. The van der Waals surface area contributed by atoms with Gasteiger partial charge in [0.25, 0.3) is 0 Å². The number of nitrogens with one attached hydrogen (secondary N) is 1. The summed E-state index contributed by atoms with van der Waals surface area (Å²) in [5, 5.41) is 4.37. The van der Waals surface area contributed by atoms with Crippen LogP contribution in [0.2, 0.25) is 0 Å². The van der Waals surface area contributed by atoms with Gasteiger partial charge in [0.15, 0.2) is 0 Å². The predicted octanol–water partition coefficient (Wildman–Crippen LogP) is 5.51. The molecule has 0 saturated heterocycles. The quantitative estimate of drug-likeness (QED) is 0.673. The first-order chi connectivity index (χ1) is 10.2. The van der Waals surface area contributed by atoms with E-state index in [1.165, 1.54) is 6.07 Å². The average molecular weight is 348 g/mol. The van der Waals surface area contributed by atoms with Crippen LogP contribution in [0.15, 0.2) is 51.4 Å². The van der Waals surface area contributed by atoms with E-state index in [4.69, 9.17) is 4.42 Å². The van der Waals surface area contributed by atoms with Crippen LogP contribution in [0.4, 0.5) is 10.1 Å². The van der Waals surface area contributed by atoms with E-state index in [9.17, 15) is 4.39 Å². The normalized spacial score (nSPS) is 11.0. The first-order valence-electron chi connectivity index (χ1n) is 6.87. The van der Waals surface area contributed by atoms with Gasteiger partial charge in [0.2, 0.25) is 0 Å². The number of fused-ring (bicyclic) bond motifs is 1. The molecule has 4 heteroatoms. The lowest BCUT2D eigenvalue weighted by molar-refractivity contribution is 0.551. The minimum atomic E-state index is -0.271. The molecule has 0 aliphatic rings. The number of rotatable bonds is 4. The molecule has 2 nitrogen and oxygen atoms in total. The maximum atomic E-state index is 13.5. The third kappa shape index (κ3) is 2.81. The summed E-state index contributed by atoms with van der Waals surface area (Å²) in [5.41, 5.74) is 2.78. The molecule has 0 fully saturated rings. The molecule has 0 atom stereocenters. The SMILES string of the molecule is CCc1oc2ccccc2c1CNc1ccc(Br)c(F)c1. The van der Waals surface area contributed by atoms with Crippen molar-refractivity contribution in [1.29, 1.82) is 0 Å². The Kier molecular flexibility index (Phi) is 3.97. The molecular formula is C17H15BrFNO. The zero-order valence-electron chi connectivity index (χ0n) is 11.6. The number of para-hydroxylation sites is 1. The van der Waals surface area contributed by atoms with Crippen molar-refractivity contribution in [2.75, 3.05) is 5.32 Å². The van der Waals surface area contributed by atoms with Crippen molar-refractivity contribution in [1.82, 2.24) is 0 Å². The zero-order chi connectivity index (χ0) is 14.8. The molecule has 0 bridgehead atoms. The summed E-state index contributed by atoms with van der Waals surface area (Å²) in [5.74, 6) is 0.703. The van der Waals surface area contributed by atoms with E-state index in [0.29, 0.717) is 11.0 Å². The molecule has 0 aliphatic carbocycles. The van der Waals surface area contributed by atoms with Gasteiger partial charge in [-0.2, -0.15) is 0 Å². The number of benzene rings is 2. The Morgan fingerprint density at radius 1 is 1.19 bits per heavy atom. The van der Waals surface area contributed by atoms with Crippen LogP contribution in [-0.4, -0.2) is 0 Å². The van der Waals surface area contributed by atoms with Gasteiger partial charge in [-0.15, -0.1) is 0 Å². The predicted molar refractivity (Wildman–Crippen MR) is 87.0 cm³/mol. The molecule has 0 unspecified atom stereocenters. The molecule has 0 aliphatic heterocycles. The van der Waals surface area contributed by atoms with Crippen LogP contribution in [-0.2, 0) is 13.0 Å². The molecule has 1 N–H and O–H groups in total. The van der Waals surface area contributed by atoms with Gasteiger partial charge in [-0.3, -0.25) is 0 Å². The highest BCUT2D eigenvalue weighted by molar-refractivity contribution is 9.10. The Bertz CT molecular complexity index is 782. The molecule has 0 radical (unpaired) electrons. The van der Waals surface area contributed by atoms with E-state index in [1.807, 2.05) is 24.3 Å². The second kappa shape index (κ2) is 5.90. The van der Waals surface area contributed by atoms with Gasteiger partial charge in [-0.25, -0.2) is 4.39 Å². The van der Waals surface area contributed by atoms with Crippen molar-refractivity contribution in [2.45, 2.75) is 19.9 Å². The summed E-state index contributed by atoms with van der Waals surface area (Å²) in [4.78, 5) is 0. The minimum Gasteiger partial charge on any atom is -0.461 e.